The number of likely N-dealkylation sites (tertiary alicyclic amines) is 1. The summed E-state index contributed by atoms with van der Waals surface area (Å²) in [4.78, 5) is 38.8. The zero-order valence-corrected chi connectivity index (χ0v) is 18.7. The third-order valence-electron chi connectivity index (χ3n) is 5.39. The van der Waals surface area contributed by atoms with Crippen LogP contribution in [0.5, 0.6) is 0 Å². The molecule has 1 saturated heterocycles. The van der Waals surface area contributed by atoms with E-state index in [-0.39, 0.29) is 24.3 Å². The third-order valence-corrected chi connectivity index (χ3v) is 5.39. The van der Waals surface area contributed by atoms with Crippen molar-refractivity contribution in [3.63, 3.8) is 0 Å². The van der Waals surface area contributed by atoms with Crippen LogP contribution < -0.4 is 16.0 Å². The molecule has 0 unspecified atom stereocenters. The molecule has 1 fully saturated rings. The van der Waals surface area contributed by atoms with Crippen molar-refractivity contribution < 1.29 is 14.4 Å². The van der Waals surface area contributed by atoms with Gasteiger partial charge in [0.15, 0.2) is 0 Å². The molecule has 0 saturated carbocycles. The molecule has 7 heteroatoms. The van der Waals surface area contributed by atoms with Crippen LogP contribution in [0.2, 0.25) is 0 Å². The maximum absolute atomic E-state index is 12.5. The van der Waals surface area contributed by atoms with Crippen LogP contribution in [0.4, 0.5) is 17.1 Å². The topological polar surface area (TPSA) is 90.5 Å². The second-order valence-electron chi connectivity index (χ2n) is 8.07. The van der Waals surface area contributed by atoms with E-state index in [0.29, 0.717) is 23.4 Å². The van der Waals surface area contributed by atoms with E-state index in [0.717, 1.165) is 50.9 Å². The Hall–Kier alpha value is -3.35. The molecule has 0 aromatic heterocycles. The summed E-state index contributed by atoms with van der Waals surface area (Å²) < 4.78 is 0. The van der Waals surface area contributed by atoms with Crippen LogP contribution in [-0.2, 0) is 9.59 Å². The van der Waals surface area contributed by atoms with Gasteiger partial charge < -0.3 is 20.9 Å². The number of carbonyl (C=O) groups is 3. The number of anilines is 3. The van der Waals surface area contributed by atoms with Gasteiger partial charge in [0.05, 0.1) is 6.54 Å². The van der Waals surface area contributed by atoms with E-state index in [1.807, 2.05) is 23.1 Å². The summed E-state index contributed by atoms with van der Waals surface area (Å²) >= 11 is 0. The van der Waals surface area contributed by atoms with Crippen molar-refractivity contribution in [1.82, 2.24) is 4.90 Å². The molecule has 3 rings (SSSR count). The lowest BCUT2D eigenvalue weighted by molar-refractivity contribution is -0.116. The molecule has 170 valence electrons. The smallest absolute Gasteiger partial charge is 0.253 e. The van der Waals surface area contributed by atoms with Crippen LogP contribution in [0.3, 0.4) is 0 Å². The van der Waals surface area contributed by atoms with Crippen molar-refractivity contribution in [3.8, 4) is 0 Å². The highest BCUT2D eigenvalue weighted by molar-refractivity contribution is 5.98. The number of amides is 3. The first-order valence-electron chi connectivity index (χ1n) is 11.4. The monoisotopic (exact) mass is 436 g/mol. The van der Waals surface area contributed by atoms with E-state index < -0.39 is 0 Å². The number of hydrogen-bond acceptors (Lipinski definition) is 4. The van der Waals surface area contributed by atoms with Crippen LogP contribution in [0, 0.1) is 0 Å². The number of benzene rings is 2. The molecule has 0 bridgehead atoms. The largest absolute Gasteiger partial charge is 0.376 e. The molecule has 0 spiro atoms. The lowest BCUT2D eigenvalue weighted by Gasteiger charge is -2.16. The summed E-state index contributed by atoms with van der Waals surface area (Å²) in [5.74, 6) is -0.216. The van der Waals surface area contributed by atoms with Gasteiger partial charge in [-0.15, -0.1) is 0 Å². The minimum atomic E-state index is -0.218. The number of nitrogens with zero attached hydrogens (tertiary/aromatic N) is 1. The van der Waals surface area contributed by atoms with Gasteiger partial charge in [-0.1, -0.05) is 31.9 Å². The van der Waals surface area contributed by atoms with Crippen LogP contribution >= 0.6 is 0 Å². The standard InChI is InChI=1S/C25H32N4O3/c1-2-3-4-13-23(30)27-22-12-8-10-20(17-22)26-18-24(31)28-21-11-7-9-19(16-21)25(32)29-14-5-6-15-29/h7-12,16-17,26H,2-6,13-15,18H2,1H3,(H,27,30)(H,28,31). The SMILES string of the molecule is CCCCCC(=O)Nc1cccc(NCC(=O)Nc2cccc(C(=O)N3CCCC3)c2)c1. The van der Waals surface area contributed by atoms with Crippen molar-refractivity contribution >= 4 is 34.8 Å². The molecule has 1 heterocycles. The number of nitrogens with one attached hydrogen (secondary N) is 3. The highest BCUT2D eigenvalue weighted by Crippen LogP contribution is 2.18. The summed E-state index contributed by atoms with van der Waals surface area (Å²) in [5.41, 5.74) is 2.62. The minimum absolute atomic E-state index is 0.00305. The summed E-state index contributed by atoms with van der Waals surface area (Å²) in [7, 11) is 0. The first-order chi connectivity index (χ1) is 15.5. The molecule has 0 aliphatic carbocycles. The fourth-order valence-electron chi connectivity index (χ4n) is 3.69. The maximum atomic E-state index is 12.5. The van der Waals surface area contributed by atoms with Crippen LogP contribution in [0.1, 0.15) is 55.8 Å². The average Bonchev–Trinajstić information content (AvgIpc) is 3.33. The second kappa shape index (κ2) is 11.9. The van der Waals surface area contributed by atoms with Crippen molar-refractivity contribution in [2.75, 3.05) is 35.6 Å². The Kier molecular flexibility index (Phi) is 8.66. The van der Waals surface area contributed by atoms with E-state index in [4.69, 9.17) is 0 Å². The number of unbranched alkanes of at least 4 members (excludes halogenated alkanes) is 2. The lowest BCUT2D eigenvalue weighted by atomic mass is 10.1. The molecule has 3 amide bonds. The quantitative estimate of drug-likeness (QED) is 0.479. The molecule has 0 atom stereocenters. The van der Waals surface area contributed by atoms with Crippen LogP contribution in [-0.4, -0.2) is 42.3 Å². The molecule has 7 nitrogen and oxygen atoms in total. The fraction of sp³-hybridized carbons (Fsp3) is 0.400. The zero-order valence-electron chi connectivity index (χ0n) is 18.7. The molecule has 32 heavy (non-hydrogen) atoms. The molecular formula is C25H32N4O3. The summed E-state index contributed by atoms with van der Waals surface area (Å²) in [6.45, 7) is 3.75. The Morgan fingerprint density at radius 3 is 2.25 bits per heavy atom. The Balaban J connectivity index is 1.49. The molecule has 1 aliphatic heterocycles. The highest BCUT2D eigenvalue weighted by atomic mass is 16.2. The van der Waals surface area contributed by atoms with E-state index in [9.17, 15) is 14.4 Å². The average molecular weight is 437 g/mol. The summed E-state index contributed by atoms with van der Waals surface area (Å²) in [6, 6.07) is 14.3. The van der Waals surface area contributed by atoms with Gasteiger partial charge in [-0.2, -0.15) is 0 Å². The molecule has 1 aliphatic rings. The fourth-order valence-corrected chi connectivity index (χ4v) is 3.69. The highest BCUT2D eigenvalue weighted by Gasteiger charge is 2.19. The first-order valence-corrected chi connectivity index (χ1v) is 11.4. The minimum Gasteiger partial charge on any atom is -0.376 e. The van der Waals surface area contributed by atoms with Crippen LogP contribution in [0.15, 0.2) is 48.5 Å². The molecule has 2 aromatic carbocycles. The second-order valence-corrected chi connectivity index (χ2v) is 8.07. The third kappa shape index (κ3) is 7.11. The van der Waals surface area contributed by atoms with E-state index in [1.54, 1.807) is 30.3 Å². The maximum Gasteiger partial charge on any atom is 0.253 e. The first kappa shape index (κ1) is 23.3. The Labute approximate surface area is 189 Å². The Morgan fingerprint density at radius 1 is 0.844 bits per heavy atom. The van der Waals surface area contributed by atoms with Gasteiger partial charge in [0.2, 0.25) is 11.8 Å². The van der Waals surface area contributed by atoms with Crippen LogP contribution in [0.25, 0.3) is 0 Å². The normalized spacial score (nSPS) is 13.0. The summed E-state index contributed by atoms with van der Waals surface area (Å²) in [5, 5.41) is 8.80. The molecule has 2 aromatic rings. The van der Waals surface area contributed by atoms with E-state index >= 15 is 0 Å². The van der Waals surface area contributed by atoms with Gasteiger partial charge in [-0.05, 0) is 55.7 Å². The van der Waals surface area contributed by atoms with Gasteiger partial charge >= 0.3 is 0 Å². The predicted octanol–water partition coefficient (Wildman–Crippen LogP) is 4.49. The van der Waals surface area contributed by atoms with Gasteiger partial charge in [0.1, 0.15) is 0 Å². The van der Waals surface area contributed by atoms with Gasteiger partial charge in [-0.25, -0.2) is 0 Å². The zero-order chi connectivity index (χ0) is 22.8. The van der Waals surface area contributed by atoms with Crippen molar-refractivity contribution in [1.29, 1.82) is 0 Å². The van der Waals surface area contributed by atoms with Crippen molar-refractivity contribution in [3.05, 3.63) is 54.1 Å². The predicted molar refractivity (Wildman–Crippen MR) is 128 cm³/mol. The van der Waals surface area contributed by atoms with Crippen molar-refractivity contribution in [2.45, 2.75) is 45.4 Å². The molecule has 0 radical (unpaired) electrons. The number of rotatable bonds is 10. The molecule has 3 N–H and O–H groups in total. The van der Waals surface area contributed by atoms with Gasteiger partial charge in [0, 0.05) is 42.1 Å². The number of carbonyl (C=O) groups excluding carboxylic acids is 3. The van der Waals surface area contributed by atoms with Gasteiger partial charge in [-0.3, -0.25) is 14.4 Å². The molecular weight excluding hydrogens is 404 g/mol. The van der Waals surface area contributed by atoms with Crippen molar-refractivity contribution in [2.24, 2.45) is 0 Å². The Bertz CT molecular complexity index is 938. The van der Waals surface area contributed by atoms with E-state index in [1.165, 1.54) is 0 Å². The van der Waals surface area contributed by atoms with Gasteiger partial charge in [0.25, 0.3) is 5.91 Å². The number of hydrogen-bond donors (Lipinski definition) is 3. The van der Waals surface area contributed by atoms with E-state index in [2.05, 4.69) is 22.9 Å². The summed E-state index contributed by atoms with van der Waals surface area (Å²) in [6.07, 6.45) is 5.58. The Morgan fingerprint density at radius 2 is 1.50 bits per heavy atom. The lowest BCUT2D eigenvalue weighted by Crippen LogP contribution is -2.27.